The van der Waals surface area contributed by atoms with Crippen molar-refractivity contribution in [2.24, 2.45) is 0 Å². The largest absolute Gasteiger partial charge is 0.294 e. The van der Waals surface area contributed by atoms with Crippen LogP contribution in [0.2, 0.25) is 0 Å². The first-order valence-electron chi connectivity index (χ1n) is 5.13. The van der Waals surface area contributed by atoms with E-state index in [0.29, 0.717) is 5.56 Å². The van der Waals surface area contributed by atoms with Gasteiger partial charge in [0.25, 0.3) is 0 Å². The molecule has 18 heavy (non-hydrogen) atoms. The van der Waals surface area contributed by atoms with E-state index in [1.165, 1.54) is 30.4 Å². The fourth-order valence-electron chi connectivity index (χ4n) is 1.47. The summed E-state index contributed by atoms with van der Waals surface area (Å²) in [5, 5.41) is 3.75. The van der Waals surface area contributed by atoms with Crippen LogP contribution in [0.5, 0.6) is 0 Å². The molecule has 2 rings (SSSR count). The molecule has 0 unspecified atom stereocenters. The maximum Gasteiger partial charge on any atom is 0.198 e. The van der Waals surface area contributed by atoms with Crippen molar-refractivity contribution in [1.82, 2.24) is 0 Å². The normalized spacial score (nSPS) is 13.8. The molecule has 0 amide bonds. The molecule has 0 bridgehead atoms. The molecule has 0 aromatic heterocycles. The van der Waals surface area contributed by atoms with Crippen LogP contribution in [0.4, 0.5) is 0 Å². The van der Waals surface area contributed by atoms with E-state index in [0.717, 1.165) is 8.71 Å². The van der Waals surface area contributed by atoms with Gasteiger partial charge in [0.15, 0.2) is 11.6 Å². The third-order valence-corrected chi connectivity index (χ3v) is 4.95. The standard InChI is InChI=1S/C13H9BrO2S2/c1-8(15)11(13-17-6-7-18-13)12(16)9-2-4-10(14)5-3-9/h2-7H,1H3. The van der Waals surface area contributed by atoms with E-state index in [4.69, 9.17) is 0 Å². The van der Waals surface area contributed by atoms with Crippen LogP contribution in [0.3, 0.4) is 0 Å². The van der Waals surface area contributed by atoms with Crippen LogP contribution in [-0.2, 0) is 4.79 Å². The quantitative estimate of drug-likeness (QED) is 0.354. The molecule has 0 saturated carbocycles. The van der Waals surface area contributed by atoms with Crippen molar-refractivity contribution in [3.05, 3.63) is 54.9 Å². The summed E-state index contributed by atoms with van der Waals surface area (Å²) in [6.07, 6.45) is 0. The molecule has 0 saturated heterocycles. The lowest BCUT2D eigenvalue weighted by molar-refractivity contribution is -0.113. The zero-order valence-electron chi connectivity index (χ0n) is 9.48. The van der Waals surface area contributed by atoms with Crippen LogP contribution < -0.4 is 0 Å². The number of Topliss-reactive ketones (excluding diaryl/α,β-unsaturated/α-hetero) is 2. The van der Waals surface area contributed by atoms with Gasteiger partial charge in [-0.2, -0.15) is 0 Å². The monoisotopic (exact) mass is 340 g/mol. The predicted molar refractivity (Wildman–Crippen MR) is 80.5 cm³/mol. The zero-order valence-corrected chi connectivity index (χ0v) is 12.7. The number of rotatable bonds is 3. The van der Waals surface area contributed by atoms with E-state index in [1.54, 1.807) is 24.3 Å². The lowest BCUT2D eigenvalue weighted by Gasteiger charge is -2.06. The van der Waals surface area contributed by atoms with Crippen LogP contribution in [0.1, 0.15) is 17.3 Å². The summed E-state index contributed by atoms with van der Waals surface area (Å²) in [5.74, 6) is -0.407. The average Bonchev–Trinajstić information content (AvgIpc) is 2.83. The number of carbonyl (C=O) groups excluding carboxylic acids is 2. The molecule has 1 aliphatic rings. The smallest absolute Gasteiger partial charge is 0.198 e. The second kappa shape index (κ2) is 5.91. The molecule has 0 fully saturated rings. The second-order valence-corrected chi connectivity index (χ2v) is 6.57. The highest BCUT2D eigenvalue weighted by molar-refractivity contribution is 9.10. The van der Waals surface area contributed by atoms with Gasteiger partial charge < -0.3 is 0 Å². The van der Waals surface area contributed by atoms with Gasteiger partial charge in [0, 0.05) is 10.0 Å². The molecule has 1 aromatic carbocycles. The first-order chi connectivity index (χ1) is 8.59. The van der Waals surface area contributed by atoms with Crippen molar-refractivity contribution in [3.63, 3.8) is 0 Å². The Kier molecular flexibility index (Phi) is 4.48. The second-order valence-electron chi connectivity index (χ2n) is 3.56. The van der Waals surface area contributed by atoms with Crippen LogP contribution in [0, 0.1) is 0 Å². The third kappa shape index (κ3) is 2.96. The number of ketones is 2. The molecular formula is C13H9BrO2S2. The van der Waals surface area contributed by atoms with Crippen LogP contribution in [0.15, 0.2) is 49.4 Å². The molecule has 0 spiro atoms. The van der Waals surface area contributed by atoms with Crippen LogP contribution >= 0.6 is 39.5 Å². The SMILES string of the molecule is CC(=O)C(C(=O)c1ccc(Br)cc1)=C1SC=CS1. The first-order valence-corrected chi connectivity index (χ1v) is 7.68. The van der Waals surface area contributed by atoms with Crippen molar-refractivity contribution in [3.8, 4) is 0 Å². The first kappa shape index (κ1) is 13.6. The average molecular weight is 341 g/mol. The van der Waals surface area contributed by atoms with E-state index < -0.39 is 0 Å². The number of hydrogen-bond donors (Lipinski definition) is 0. The highest BCUT2D eigenvalue weighted by atomic mass is 79.9. The minimum atomic E-state index is -0.214. The third-order valence-electron chi connectivity index (χ3n) is 2.30. The van der Waals surface area contributed by atoms with E-state index in [2.05, 4.69) is 15.9 Å². The summed E-state index contributed by atoms with van der Waals surface area (Å²) in [6, 6.07) is 7.02. The molecule has 1 aromatic rings. The molecule has 0 N–H and O–H groups in total. The summed E-state index contributed by atoms with van der Waals surface area (Å²) >= 11 is 6.15. The Morgan fingerprint density at radius 3 is 2.11 bits per heavy atom. The summed E-state index contributed by atoms with van der Waals surface area (Å²) in [7, 11) is 0. The topological polar surface area (TPSA) is 34.1 Å². The van der Waals surface area contributed by atoms with Gasteiger partial charge in [-0.05, 0) is 42.0 Å². The predicted octanol–water partition coefficient (Wildman–Crippen LogP) is 4.38. The summed E-state index contributed by atoms with van der Waals surface area (Å²) in [5.41, 5.74) is 0.807. The highest BCUT2D eigenvalue weighted by Gasteiger charge is 2.22. The number of allylic oxidation sites excluding steroid dienone is 1. The minimum Gasteiger partial charge on any atom is -0.294 e. The van der Waals surface area contributed by atoms with Crippen molar-refractivity contribution in [2.45, 2.75) is 6.92 Å². The Balaban J connectivity index is 2.38. The molecule has 0 radical (unpaired) electrons. The molecular weight excluding hydrogens is 332 g/mol. The fraction of sp³-hybridized carbons (Fsp3) is 0.0769. The van der Waals surface area contributed by atoms with Gasteiger partial charge in [-0.15, -0.1) is 0 Å². The van der Waals surface area contributed by atoms with Gasteiger partial charge in [-0.25, -0.2) is 0 Å². The highest BCUT2D eigenvalue weighted by Crippen LogP contribution is 2.40. The van der Waals surface area contributed by atoms with E-state index >= 15 is 0 Å². The number of thioether (sulfide) groups is 2. The maximum absolute atomic E-state index is 12.3. The van der Waals surface area contributed by atoms with Crippen LogP contribution in [0.25, 0.3) is 0 Å². The van der Waals surface area contributed by atoms with Gasteiger partial charge in [0.1, 0.15) is 0 Å². The van der Waals surface area contributed by atoms with Gasteiger partial charge in [0.05, 0.1) is 9.81 Å². The maximum atomic E-state index is 12.3. The molecule has 5 heteroatoms. The molecule has 1 heterocycles. The molecule has 2 nitrogen and oxygen atoms in total. The van der Waals surface area contributed by atoms with E-state index in [9.17, 15) is 9.59 Å². The Morgan fingerprint density at radius 2 is 1.61 bits per heavy atom. The Morgan fingerprint density at radius 1 is 1.06 bits per heavy atom. The number of halogens is 1. The Bertz CT molecular complexity index is 549. The van der Waals surface area contributed by atoms with Gasteiger partial charge >= 0.3 is 0 Å². The molecule has 0 aliphatic carbocycles. The van der Waals surface area contributed by atoms with Crippen molar-refractivity contribution in [1.29, 1.82) is 0 Å². The number of carbonyl (C=O) groups is 2. The molecule has 1 aliphatic heterocycles. The van der Waals surface area contributed by atoms with Crippen molar-refractivity contribution >= 4 is 51.0 Å². The van der Waals surface area contributed by atoms with Gasteiger partial charge in [-0.1, -0.05) is 39.5 Å². The molecule has 0 atom stereocenters. The lowest BCUT2D eigenvalue weighted by Crippen LogP contribution is -2.11. The molecule has 92 valence electrons. The Labute approximate surface area is 122 Å². The minimum absolute atomic E-state index is 0.193. The zero-order chi connectivity index (χ0) is 13.1. The van der Waals surface area contributed by atoms with Crippen LogP contribution in [-0.4, -0.2) is 11.6 Å². The van der Waals surface area contributed by atoms with Gasteiger partial charge in [-0.3, -0.25) is 9.59 Å². The summed E-state index contributed by atoms with van der Waals surface area (Å²) in [4.78, 5) is 24.0. The number of hydrogen-bond acceptors (Lipinski definition) is 4. The van der Waals surface area contributed by atoms with Crippen molar-refractivity contribution in [2.75, 3.05) is 0 Å². The fourth-order valence-corrected chi connectivity index (χ4v) is 3.69. The van der Waals surface area contributed by atoms with Crippen molar-refractivity contribution < 1.29 is 9.59 Å². The van der Waals surface area contributed by atoms with E-state index in [1.807, 2.05) is 10.8 Å². The van der Waals surface area contributed by atoms with Gasteiger partial charge in [0.2, 0.25) is 0 Å². The number of benzene rings is 1. The Hall–Kier alpha value is -0.780. The van der Waals surface area contributed by atoms with E-state index in [-0.39, 0.29) is 17.1 Å². The summed E-state index contributed by atoms with van der Waals surface area (Å²) in [6.45, 7) is 1.43. The summed E-state index contributed by atoms with van der Waals surface area (Å²) < 4.78 is 1.66. The lowest BCUT2D eigenvalue weighted by atomic mass is 10.0.